The monoisotopic (exact) mass is 698 g/mol. The van der Waals surface area contributed by atoms with Crippen molar-refractivity contribution in [2.75, 3.05) is 0 Å². The highest BCUT2D eigenvalue weighted by atomic mass is 19.3. The standard InChI is InChI=1S/C15H19FN2O.C13H15FN2O.C11H13F3/c1-15(2,3)14-11(16)6-5-7-12(14)19-10-13-17-8-9-18(13)4;1-9-7-15-13(16(9)3)8-17-12-6-4-5-11(14)10(12)2;1-11(2,3)9-7(10(13)14)5-4-6-8(9)12/h5-9H,10H2,1-4H3;4-7H,8H2,1-3H3;4-6,10H,1-3H3. The summed E-state index contributed by atoms with van der Waals surface area (Å²) < 4.78 is 81.0. The van der Waals surface area contributed by atoms with Crippen molar-refractivity contribution < 1.29 is 31.4 Å². The maximum absolute atomic E-state index is 14.0. The number of imidazole rings is 2. The lowest BCUT2D eigenvalue weighted by Gasteiger charge is -2.23. The van der Waals surface area contributed by atoms with Gasteiger partial charge in [-0.2, -0.15) is 0 Å². The highest BCUT2D eigenvalue weighted by Crippen LogP contribution is 2.35. The molecule has 2 aromatic heterocycles. The van der Waals surface area contributed by atoms with Gasteiger partial charge in [0.2, 0.25) is 0 Å². The third-order valence-corrected chi connectivity index (χ3v) is 7.93. The summed E-state index contributed by atoms with van der Waals surface area (Å²) in [5, 5.41) is 0. The number of hydrogen-bond donors (Lipinski definition) is 0. The van der Waals surface area contributed by atoms with E-state index in [4.69, 9.17) is 9.47 Å². The highest BCUT2D eigenvalue weighted by molar-refractivity contribution is 5.40. The Balaban J connectivity index is 0.000000205. The molecule has 11 heteroatoms. The van der Waals surface area contributed by atoms with Gasteiger partial charge in [-0.1, -0.05) is 65.8 Å². The van der Waals surface area contributed by atoms with Gasteiger partial charge in [0.05, 0.1) is 0 Å². The van der Waals surface area contributed by atoms with Crippen molar-refractivity contribution in [2.45, 2.75) is 85.9 Å². The van der Waals surface area contributed by atoms with E-state index in [0.29, 0.717) is 35.8 Å². The van der Waals surface area contributed by atoms with Gasteiger partial charge in [0, 0.05) is 60.6 Å². The largest absolute Gasteiger partial charge is 0.485 e. The molecule has 270 valence electrons. The Labute approximate surface area is 291 Å². The molecule has 5 rings (SSSR count). The molecule has 0 aliphatic carbocycles. The van der Waals surface area contributed by atoms with E-state index in [1.54, 1.807) is 64.4 Å². The number of aromatic nitrogens is 4. The van der Waals surface area contributed by atoms with Crippen LogP contribution in [-0.4, -0.2) is 19.1 Å². The fourth-order valence-corrected chi connectivity index (χ4v) is 5.11. The lowest BCUT2D eigenvalue weighted by atomic mass is 9.83. The van der Waals surface area contributed by atoms with E-state index in [1.165, 1.54) is 30.3 Å². The molecule has 0 radical (unpaired) electrons. The molecule has 6 nitrogen and oxygen atoms in total. The topological polar surface area (TPSA) is 54.1 Å². The van der Waals surface area contributed by atoms with E-state index in [9.17, 15) is 22.0 Å². The summed E-state index contributed by atoms with van der Waals surface area (Å²) in [5.74, 6) is 1.73. The average Bonchev–Trinajstić information content (AvgIpc) is 3.59. The van der Waals surface area contributed by atoms with Crippen LogP contribution in [0, 0.1) is 31.3 Å². The normalized spacial score (nSPS) is 11.4. The van der Waals surface area contributed by atoms with E-state index in [2.05, 4.69) is 9.97 Å². The maximum Gasteiger partial charge on any atom is 0.264 e. The Bertz CT molecular complexity index is 1850. The van der Waals surface area contributed by atoms with Crippen LogP contribution in [0.4, 0.5) is 22.0 Å². The van der Waals surface area contributed by atoms with E-state index in [0.717, 1.165) is 17.3 Å². The first-order valence-electron chi connectivity index (χ1n) is 16.1. The van der Waals surface area contributed by atoms with Gasteiger partial charge in [-0.05, 0) is 55.0 Å². The fraction of sp³-hybridized carbons (Fsp3) is 0.385. The molecule has 0 unspecified atom stereocenters. The third-order valence-electron chi connectivity index (χ3n) is 7.93. The van der Waals surface area contributed by atoms with Crippen molar-refractivity contribution in [1.29, 1.82) is 0 Å². The number of benzene rings is 3. The Morgan fingerprint density at radius 2 is 1.20 bits per heavy atom. The van der Waals surface area contributed by atoms with Gasteiger partial charge in [-0.25, -0.2) is 31.9 Å². The lowest BCUT2D eigenvalue weighted by Crippen LogP contribution is -2.16. The first-order chi connectivity index (χ1) is 23.3. The fourth-order valence-electron chi connectivity index (χ4n) is 5.11. The maximum atomic E-state index is 14.0. The number of halogens is 5. The number of nitrogens with zero attached hydrogens (tertiary/aromatic N) is 4. The minimum atomic E-state index is -2.63. The quantitative estimate of drug-likeness (QED) is 0.159. The lowest BCUT2D eigenvalue weighted by molar-refractivity contribution is 0.148. The third kappa shape index (κ3) is 10.4. The van der Waals surface area contributed by atoms with Crippen molar-refractivity contribution in [2.24, 2.45) is 14.1 Å². The van der Waals surface area contributed by atoms with Gasteiger partial charge < -0.3 is 18.6 Å². The Morgan fingerprint density at radius 3 is 1.70 bits per heavy atom. The average molecular weight is 699 g/mol. The summed E-state index contributed by atoms with van der Waals surface area (Å²) in [5.41, 5.74) is 1.19. The first-order valence-corrected chi connectivity index (χ1v) is 16.1. The van der Waals surface area contributed by atoms with Gasteiger partial charge in [-0.3, -0.25) is 0 Å². The molecule has 0 saturated heterocycles. The van der Waals surface area contributed by atoms with Crippen molar-refractivity contribution >= 4 is 0 Å². The van der Waals surface area contributed by atoms with Gasteiger partial charge in [0.15, 0.2) is 0 Å². The van der Waals surface area contributed by atoms with Crippen LogP contribution in [0.15, 0.2) is 73.2 Å². The summed E-state index contributed by atoms with van der Waals surface area (Å²) in [6.45, 7) is 15.4. The highest BCUT2D eigenvalue weighted by Gasteiger charge is 2.26. The minimum Gasteiger partial charge on any atom is -0.485 e. The Morgan fingerprint density at radius 1 is 0.680 bits per heavy atom. The summed E-state index contributed by atoms with van der Waals surface area (Å²) in [6, 6.07) is 13.6. The molecular weight excluding hydrogens is 651 g/mol. The second kappa shape index (κ2) is 16.8. The SMILES string of the molecule is CC(C)(C)c1c(F)cccc1C(F)F.Cc1c(F)cccc1OCc1ncc(C)n1C.Cn1ccnc1COc1cccc(F)c1C(C)(C)C. The van der Waals surface area contributed by atoms with Crippen LogP contribution in [0.5, 0.6) is 11.5 Å². The van der Waals surface area contributed by atoms with Gasteiger partial charge in [-0.15, -0.1) is 0 Å². The van der Waals surface area contributed by atoms with Crippen LogP contribution in [0.2, 0.25) is 0 Å². The molecular formula is C39H47F5N4O2. The number of aryl methyl sites for hydroxylation is 2. The molecule has 0 atom stereocenters. The van der Waals surface area contributed by atoms with E-state index in [1.807, 2.05) is 57.1 Å². The number of alkyl halides is 2. The molecule has 3 aromatic carbocycles. The molecule has 0 aliphatic heterocycles. The van der Waals surface area contributed by atoms with E-state index >= 15 is 0 Å². The number of ether oxygens (including phenoxy) is 2. The van der Waals surface area contributed by atoms with Crippen molar-refractivity contribution in [3.8, 4) is 11.5 Å². The molecule has 5 aromatic rings. The molecule has 2 heterocycles. The molecule has 0 N–H and O–H groups in total. The van der Waals surface area contributed by atoms with Gasteiger partial charge >= 0.3 is 0 Å². The zero-order valence-corrected chi connectivity index (χ0v) is 30.4. The van der Waals surface area contributed by atoms with Crippen molar-refractivity contribution in [1.82, 2.24) is 19.1 Å². The number of rotatable bonds is 7. The van der Waals surface area contributed by atoms with E-state index < -0.39 is 17.7 Å². The molecule has 0 bridgehead atoms. The summed E-state index contributed by atoms with van der Waals surface area (Å²) in [7, 11) is 3.83. The van der Waals surface area contributed by atoms with Crippen LogP contribution in [0.25, 0.3) is 0 Å². The summed E-state index contributed by atoms with van der Waals surface area (Å²) >= 11 is 0. The van der Waals surface area contributed by atoms with Crippen LogP contribution in [-0.2, 0) is 38.1 Å². The molecule has 0 aliphatic rings. The molecule has 0 saturated carbocycles. The first kappa shape index (κ1) is 39.8. The summed E-state index contributed by atoms with van der Waals surface area (Å²) in [6.07, 6.45) is 2.74. The Hall–Kier alpha value is -4.67. The van der Waals surface area contributed by atoms with Crippen LogP contribution in [0.3, 0.4) is 0 Å². The predicted octanol–water partition coefficient (Wildman–Crippen LogP) is 10.3. The molecule has 0 amide bonds. The second-order valence-electron chi connectivity index (χ2n) is 13.9. The van der Waals surface area contributed by atoms with E-state index in [-0.39, 0.29) is 28.2 Å². The zero-order valence-electron chi connectivity index (χ0n) is 30.4. The molecule has 50 heavy (non-hydrogen) atoms. The second-order valence-corrected chi connectivity index (χ2v) is 13.9. The van der Waals surface area contributed by atoms with Gasteiger partial charge in [0.1, 0.15) is 53.8 Å². The van der Waals surface area contributed by atoms with Crippen molar-refractivity contribution in [3.63, 3.8) is 0 Å². The minimum absolute atomic E-state index is 0.106. The van der Waals surface area contributed by atoms with Crippen LogP contribution in [0.1, 0.15) is 87.6 Å². The Kier molecular flexibility index (Phi) is 13.4. The smallest absolute Gasteiger partial charge is 0.264 e. The zero-order chi connectivity index (χ0) is 37.4. The summed E-state index contributed by atoms with van der Waals surface area (Å²) in [4.78, 5) is 8.42. The molecule has 0 fully saturated rings. The predicted molar refractivity (Wildman–Crippen MR) is 186 cm³/mol. The van der Waals surface area contributed by atoms with Crippen molar-refractivity contribution in [3.05, 3.63) is 130 Å². The van der Waals surface area contributed by atoms with Crippen LogP contribution < -0.4 is 9.47 Å². The number of hydrogen-bond acceptors (Lipinski definition) is 4. The molecule has 0 spiro atoms. The van der Waals surface area contributed by atoms with Gasteiger partial charge in [0.25, 0.3) is 6.43 Å². The van der Waals surface area contributed by atoms with Crippen LogP contribution >= 0.6 is 0 Å².